The van der Waals surface area contributed by atoms with Crippen LogP contribution in [0, 0.1) is 5.41 Å². The normalized spacial score (nSPS) is 11.6. The third-order valence-corrected chi connectivity index (χ3v) is 4.57. The lowest BCUT2D eigenvalue weighted by Crippen LogP contribution is -2.40. The van der Waals surface area contributed by atoms with E-state index in [1.807, 2.05) is 32.0 Å². The molecule has 0 aliphatic carbocycles. The van der Waals surface area contributed by atoms with Gasteiger partial charge in [0.2, 0.25) is 0 Å². The summed E-state index contributed by atoms with van der Waals surface area (Å²) in [5.41, 5.74) is 0.384. The highest BCUT2D eigenvalue weighted by Crippen LogP contribution is 2.26. The van der Waals surface area contributed by atoms with Gasteiger partial charge in [0.1, 0.15) is 0 Å². The first-order chi connectivity index (χ1) is 8.95. The quantitative estimate of drug-likeness (QED) is 0.780. The summed E-state index contributed by atoms with van der Waals surface area (Å²) in [4.78, 5) is 11.4. The lowest BCUT2D eigenvalue weighted by atomic mass is 9.82. The third-order valence-electron chi connectivity index (χ3n) is 3.60. The summed E-state index contributed by atoms with van der Waals surface area (Å²) >= 11 is 9.33. The lowest BCUT2D eigenvalue weighted by molar-refractivity contribution is -0.149. The number of halogens is 2. The largest absolute Gasteiger partial charge is 0.481 e. The number of carboxylic acid groups (broad SMARTS) is 1. The second-order valence-electron chi connectivity index (χ2n) is 4.63. The number of nitrogens with one attached hydrogen (secondary N) is 1. The van der Waals surface area contributed by atoms with Gasteiger partial charge in [-0.25, -0.2) is 0 Å². The zero-order chi connectivity index (χ0) is 14.5. The topological polar surface area (TPSA) is 49.3 Å². The number of benzene rings is 1. The van der Waals surface area contributed by atoms with Crippen molar-refractivity contribution in [2.75, 3.05) is 6.54 Å². The minimum absolute atomic E-state index is 0.463. The van der Waals surface area contributed by atoms with Gasteiger partial charge in [-0.3, -0.25) is 4.79 Å². The van der Waals surface area contributed by atoms with Crippen molar-refractivity contribution in [2.24, 2.45) is 5.41 Å². The molecule has 1 aromatic carbocycles. The molecule has 0 saturated heterocycles. The van der Waals surface area contributed by atoms with E-state index in [-0.39, 0.29) is 0 Å². The van der Waals surface area contributed by atoms with E-state index in [9.17, 15) is 9.90 Å². The average molecular weight is 349 g/mol. The van der Waals surface area contributed by atoms with Crippen molar-refractivity contribution in [2.45, 2.75) is 33.2 Å². The van der Waals surface area contributed by atoms with Crippen LogP contribution in [0.5, 0.6) is 0 Å². The molecule has 0 aromatic heterocycles. The Hall–Kier alpha value is -0.580. The zero-order valence-electron chi connectivity index (χ0n) is 11.2. The predicted octanol–water partition coefficient (Wildman–Crippen LogP) is 4.08. The minimum Gasteiger partial charge on any atom is -0.481 e. The molecule has 1 rings (SSSR count). The van der Waals surface area contributed by atoms with E-state index in [1.54, 1.807) is 0 Å². The van der Waals surface area contributed by atoms with Crippen LogP contribution in [0.3, 0.4) is 0 Å². The van der Waals surface area contributed by atoms with Gasteiger partial charge >= 0.3 is 5.97 Å². The Morgan fingerprint density at radius 2 is 2.05 bits per heavy atom. The summed E-state index contributed by atoms with van der Waals surface area (Å²) in [6.45, 7) is 4.91. The molecule has 0 amide bonds. The van der Waals surface area contributed by atoms with Crippen molar-refractivity contribution in [1.82, 2.24) is 5.32 Å². The van der Waals surface area contributed by atoms with Crippen LogP contribution in [-0.4, -0.2) is 17.6 Å². The molecule has 3 nitrogen and oxygen atoms in total. The minimum atomic E-state index is -0.736. The fourth-order valence-corrected chi connectivity index (χ4v) is 2.80. The second-order valence-corrected chi connectivity index (χ2v) is 5.92. The van der Waals surface area contributed by atoms with Crippen molar-refractivity contribution in [3.8, 4) is 0 Å². The summed E-state index contributed by atoms with van der Waals surface area (Å²) in [6.07, 6.45) is 1.24. The maximum Gasteiger partial charge on any atom is 0.310 e. The Kier molecular flexibility index (Phi) is 6.30. The molecule has 1 aromatic rings. The average Bonchev–Trinajstić information content (AvgIpc) is 2.37. The van der Waals surface area contributed by atoms with E-state index < -0.39 is 11.4 Å². The molecule has 2 N–H and O–H groups in total. The van der Waals surface area contributed by atoms with Crippen molar-refractivity contribution >= 4 is 33.5 Å². The molecule has 0 radical (unpaired) electrons. The number of carboxylic acids is 1. The van der Waals surface area contributed by atoms with E-state index >= 15 is 0 Å². The van der Waals surface area contributed by atoms with Crippen LogP contribution in [0.25, 0.3) is 0 Å². The first kappa shape index (κ1) is 16.5. The standard InChI is InChI=1S/C14H19BrClNO2/c1-3-14(4-2,13(18)19)9-17-8-10-5-6-11(16)7-12(10)15/h5-7,17H,3-4,8-9H2,1-2H3,(H,18,19). The van der Waals surface area contributed by atoms with Crippen molar-refractivity contribution in [3.05, 3.63) is 33.3 Å². The molecule has 5 heteroatoms. The molecule has 19 heavy (non-hydrogen) atoms. The van der Waals surface area contributed by atoms with Crippen LogP contribution in [0.1, 0.15) is 32.3 Å². The SMILES string of the molecule is CCC(CC)(CNCc1ccc(Cl)cc1Br)C(=O)O. The van der Waals surface area contributed by atoms with E-state index in [2.05, 4.69) is 21.2 Å². The Morgan fingerprint density at radius 3 is 2.53 bits per heavy atom. The van der Waals surface area contributed by atoms with Gasteiger partial charge in [-0.05, 0) is 30.5 Å². The Balaban J connectivity index is 2.64. The summed E-state index contributed by atoms with van der Waals surface area (Å²) in [7, 11) is 0. The molecule has 0 fully saturated rings. The number of hydrogen-bond acceptors (Lipinski definition) is 2. The van der Waals surface area contributed by atoms with E-state index in [4.69, 9.17) is 11.6 Å². The zero-order valence-corrected chi connectivity index (χ0v) is 13.5. The lowest BCUT2D eigenvalue weighted by Gasteiger charge is -2.27. The van der Waals surface area contributed by atoms with Crippen molar-refractivity contribution < 1.29 is 9.90 Å². The van der Waals surface area contributed by atoms with Gasteiger partial charge in [-0.2, -0.15) is 0 Å². The number of hydrogen-bond donors (Lipinski definition) is 2. The third kappa shape index (κ3) is 4.20. The van der Waals surface area contributed by atoms with Gasteiger partial charge in [-0.1, -0.05) is 47.4 Å². The van der Waals surface area contributed by atoms with Crippen LogP contribution in [0.2, 0.25) is 5.02 Å². The maximum absolute atomic E-state index is 11.4. The summed E-state index contributed by atoms with van der Waals surface area (Å²) < 4.78 is 0.932. The van der Waals surface area contributed by atoms with E-state index in [0.29, 0.717) is 31.0 Å². The summed E-state index contributed by atoms with van der Waals surface area (Å²) in [6, 6.07) is 5.59. The second kappa shape index (κ2) is 7.27. The molecule has 0 heterocycles. The highest BCUT2D eigenvalue weighted by Gasteiger charge is 2.34. The van der Waals surface area contributed by atoms with Crippen LogP contribution >= 0.6 is 27.5 Å². The van der Waals surface area contributed by atoms with Crippen molar-refractivity contribution in [3.63, 3.8) is 0 Å². The fraction of sp³-hybridized carbons (Fsp3) is 0.500. The predicted molar refractivity (Wildman–Crippen MR) is 81.5 cm³/mol. The summed E-state index contributed by atoms with van der Waals surface area (Å²) in [5.74, 6) is -0.736. The van der Waals surface area contributed by atoms with E-state index in [1.165, 1.54) is 0 Å². The molecular formula is C14H19BrClNO2. The first-order valence-electron chi connectivity index (χ1n) is 6.33. The number of rotatable bonds is 7. The van der Waals surface area contributed by atoms with Crippen LogP contribution in [0.4, 0.5) is 0 Å². The van der Waals surface area contributed by atoms with Gasteiger partial charge in [-0.15, -0.1) is 0 Å². The van der Waals surface area contributed by atoms with Gasteiger partial charge < -0.3 is 10.4 Å². The molecule has 0 atom stereocenters. The monoisotopic (exact) mass is 347 g/mol. The van der Waals surface area contributed by atoms with Gasteiger partial charge in [0.05, 0.1) is 5.41 Å². The first-order valence-corrected chi connectivity index (χ1v) is 7.50. The molecule has 0 aliphatic rings. The molecule has 0 aliphatic heterocycles. The van der Waals surface area contributed by atoms with Crippen LogP contribution < -0.4 is 5.32 Å². The molecule has 0 unspecified atom stereocenters. The molecular weight excluding hydrogens is 330 g/mol. The van der Waals surface area contributed by atoms with Crippen molar-refractivity contribution in [1.29, 1.82) is 0 Å². The smallest absolute Gasteiger partial charge is 0.310 e. The van der Waals surface area contributed by atoms with Gasteiger partial charge in [0, 0.05) is 22.6 Å². The van der Waals surface area contributed by atoms with Crippen LogP contribution in [0.15, 0.2) is 22.7 Å². The Morgan fingerprint density at radius 1 is 1.42 bits per heavy atom. The fourth-order valence-electron chi connectivity index (χ4n) is 1.98. The van der Waals surface area contributed by atoms with Gasteiger partial charge in [0.15, 0.2) is 0 Å². The molecule has 0 saturated carbocycles. The Bertz CT molecular complexity index is 447. The van der Waals surface area contributed by atoms with Gasteiger partial charge in [0.25, 0.3) is 0 Å². The number of carbonyl (C=O) groups is 1. The maximum atomic E-state index is 11.4. The highest BCUT2D eigenvalue weighted by atomic mass is 79.9. The molecule has 106 valence electrons. The molecule has 0 spiro atoms. The Labute approximate surface area is 127 Å². The summed E-state index contributed by atoms with van der Waals surface area (Å²) in [5, 5.41) is 13.3. The van der Waals surface area contributed by atoms with Crippen LogP contribution in [-0.2, 0) is 11.3 Å². The molecule has 0 bridgehead atoms. The number of aliphatic carboxylic acids is 1. The van der Waals surface area contributed by atoms with E-state index in [0.717, 1.165) is 10.0 Å². The highest BCUT2D eigenvalue weighted by molar-refractivity contribution is 9.10.